The van der Waals surface area contributed by atoms with Gasteiger partial charge >= 0.3 is 5.69 Å². The van der Waals surface area contributed by atoms with Crippen molar-refractivity contribution in [2.24, 2.45) is 5.92 Å². The van der Waals surface area contributed by atoms with Gasteiger partial charge in [0.25, 0.3) is 0 Å². The van der Waals surface area contributed by atoms with Crippen molar-refractivity contribution in [1.82, 2.24) is 10.3 Å². The summed E-state index contributed by atoms with van der Waals surface area (Å²) >= 11 is 0. The summed E-state index contributed by atoms with van der Waals surface area (Å²) in [5, 5.41) is 22.9. The zero-order valence-electron chi connectivity index (χ0n) is 14.7. The average molecular weight is 365 g/mol. The standard InChI is InChI=1S/C19H19N5O3/c20-12-16-17(24(26)27)6-7-18(22-16)23-10-8-15(9-11-23)19(25)21-13-14-4-2-1-3-5-14/h1-7,15H,8-11,13H2,(H,21,25). The van der Waals surface area contributed by atoms with Crippen LogP contribution in [0.15, 0.2) is 42.5 Å². The molecule has 1 aliphatic heterocycles. The van der Waals surface area contributed by atoms with Crippen molar-refractivity contribution < 1.29 is 9.72 Å². The number of nitrogens with one attached hydrogen (secondary N) is 1. The zero-order chi connectivity index (χ0) is 19.2. The number of benzene rings is 1. The molecule has 1 fully saturated rings. The molecule has 1 aromatic heterocycles. The van der Waals surface area contributed by atoms with E-state index in [1.54, 1.807) is 12.1 Å². The van der Waals surface area contributed by atoms with E-state index in [0.29, 0.717) is 38.3 Å². The van der Waals surface area contributed by atoms with E-state index in [9.17, 15) is 14.9 Å². The van der Waals surface area contributed by atoms with Crippen LogP contribution in [-0.2, 0) is 11.3 Å². The van der Waals surface area contributed by atoms with Gasteiger partial charge in [-0.05, 0) is 24.5 Å². The van der Waals surface area contributed by atoms with Crippen molar-refractivity contribution in [2.75, 3.05) is 18.0 Å². The van der Waals surface area contributed by atoms with Crippen LogP contribution in [0.1, 0.15) is 24.1 Å². The number of nitriles is 1. The predicted octanol–water partition coefficient (Wildman–Crippen LogP) is 2.39. The Kier molecular flexibility index (Phi) is 5.61. The highest BCUT2D eigenvalue weighted by Crippen LogP contribution is 2.25. The normalized spacial score (nSPS) is 14.4. The van der Waals surface area contributed by atoms with Crippen LogP contribution in [0.5, 0.6) is 0 Å². The molecule has 2 aromatic rings. The number of carbonyl (C=O) groups is 1. The number of carbonyl (C=O) groups excluding carboxylic acids is 1. The minimum atomic E-state index is -0.612. The second-order valence-corrected chi connectivity index (χ2v) is 6.37. The molecule has 1 amide bonds. The maximum atomic E-state index is 12.4. The van der Waals surface area contributed by atoms with Gasteiger partial charge in [-0.15, -0.1) is 0 Å². The SMILES string of the molecule is N#Cc1nc(N2CCC(C(=O)NCc3ccccc3)CC2)ccc1[N+](=O)[O-]. The average Bonchev–Trinajstić information content (AvgIpc) is 2.72. The molecule has 8 heteroatoms. The fourth-order valence-corrected chi connectivity index (χ4v) is 3.15. The molecule has 138 valence electrons. The van der Waals surface area contributed by atoms with Crippen molar-refractivity contribution in [2.45, 2.75) is 19.4 Å². The van der Waals surface area contributed by atoms with E-state index in [1.807, 2.05) is 35.2 Å². The number of amides is 1. The molecule has 1 aromatic carbocycles. The Morgan fingerprint density at radius 3 is 2.59 bits per heavy atom. The zero-order valence-corrected chi connectivity index (χ0v) is 14.7. The van der Waals surface area contributed by atoms with Crippen molar-refractivity contribution in [3.05, 3.63) is 63.8 Å². The molecule has 0 unspecified atom stereocenters. The quantitative estimate of drug-likeness (QED) is 0.643. The Balaban J connectivity index is 1.56. The van der Waals surface area contributed by atoms with Crippen molar-refractivity contribution in [1.29, 1.82) is 5.26 Å². The number of anilines is 1. The van der Waals surface area contributed by atoms with Gasteiger partial charge in [0, 0.05) is 31.6 Å². The fraction of sp³-hybridized carbons (Fsp3) is 0.316. The third kappa shape index (κ3) is 4.39. The van der Waals surface area contributed by atoms with Crippen LogP contribution in [0.2, 0.25) is 0 Å². The number of nitrogens with zero attached hydrogens (tertiary/aromatic N) is 4. The van der Waals surface area contributed by atoms with Crippen LogP contribution >= 0.6 is 0 Å². The van der Waals surface area contributed by atoms with Gasteiger partial charge in [0.1, 0.15) is 11.9 Å². The molecule has 8 nitrogen and oxygen atoms in total. The van der Waals surface area contributed by atoms with E-state index in [0.717, 1.165) is 5.56 Å². The Morgan fingerprint density at radius 1 is 1.26 bits per heavy atom. The first-order chi connectivity index (χ1) is 13.1. The Hall–Kier alpha value is -3.47. The van der Waals surface area contributed by atoms with E-state index >= 15 is 0 Å². The molecule has 0 radical (unpaired) electrons. The molecule has 1 N–H and O–H groups in total. The Morgan fingerprint density at radius 2 is 1.96 bits per heavy atom. The molecule has 0 spiro atoms. The lowest BCUT2D eigenvalue weighted by atomic mass is 9.95. The molecule has 1 aliphatic rings. The summed E-state index contributed by atoms with van der Waals surface area (Å²) in [5.41, 5.74) is 0.569. The van der Waals surface area contributed by atoms with Crippen LogP contribution in [0.4, 0.5) is 11.5 Å². The van der Waals surface area contributed by atoms with Crippen molar-refractivity contribution >= 4 is 17.4 Å². The Labute approximate surface area is 156 Å². The third-order valence-electron chi connectivity index (χ3n) is 4.66. The van der Waals surface area contributed by atoms with Gasteiger partial charge in [-0.25, -0.2) is 4.98 Å². The number of pyridine rings is 1. The van der Waals surface area contributed by atoms with Gasteiger partial charge < -0.3 is 10.2 Å². The smallest absolute Gasteiger partial charge is 0.305 e. The van der Waals surface area contributed by atoms with Crippen LogP contribution in [0.25, 0.3) is 0 Å². The lowest BCUT2D eigenvalue weighted by Gasteiger charge is -2.32. The second kappa shape index (κ2) is 8.27. The van der Waals surface area contributed by atoms with E-state index in [-0.39, 0.29) is 23.2 Å². The molecule has 0 bridgehead atoms. The number of rotatable bonds is 5. The Bertz CT molecular complexity index is 871. The highest BCUT2D eigenvalue weighted by molar-refractivity contribution is 5.79. The molecule has 0 atom stereocenters. The molecular formula is C19H19N5O3. The summed E-state index contributed by atoms with van der Waals surface area (Å²) in [6.07, 6.45) is 1.34. The highest BCUT2D eigenvalue weighted by atomic mass is 16.6. The van der Waals surface area contributed by atoms with Gasteiger partial charge in [0.05, 0.1) is 4.92 Å². The number of aromatic nitrogens is 1. The van der Waals surface area contributed by atoms with Crippen molar-refractivity contribution in [3.8, 4) is 6.07 Å². The van der Waals surface area contributed by atoms with Gasteiger partial charge in [-0.1, -0.05) is 30.3 Å². The first kappa shape index (κ1) is 18.3. The fourth-order valence-electron chi connectivity index (χ4n) is 3.15. The lowest BCUT2D eigenvalue weighted by Crippen LogP contribution is -2.40. The molecule has 27 heavy (non-hydrogen) atoms. The van der Waals surface area contributed by atoms with Crippen LogP contribution in [0.3, 0.4) is 0 Å². The number of hydrogen-bond donors (Lipinski definition) is 1. The van der Waals surface area contributed by atoms with Crippen molar-refractivity contribution in [3.63, 3.8) is 0 Å². The first-order valence-electron chi connectivity index (χ1n) is 8.70. The minimum Gasteiger partial charge on any atom is -0.357 e. The van der Waals surface area contributed by atoms with Gasteiger partial charge in [-0.2, -0.15) is 5.26 Å². The maximum Gasteiger partial charge on any atom is 0.305 e. The van der Waals surface area contributed by atoms with Crippen LogP contribution in [0, 0.1) is 27.4 Å². The molecular weight excluding hydrogens is 346 g/mol. The summed E-state index contributed by atoms with van der Waals surface area (Å²) in [6.45, 7) is 1.73. The third-order valence-corrected chi connectivity index (χ3v) is 4.66. The summed E-state index contributed by atoms with van der Waals surface area (Å²) in [6, 6.07) is 14.4. The number of nitro groups is 1. The van der Waals surface area contributed by atoms with Crippen LogP contribution in [-0.4, -0.2) is 28.9 Å². The largest absolute Gasteiger partial charge is 0.357 e. The van der Waals surface area contributed by atoms with E-state index in [2.05, 4.69) is 10.3 Å². The first-order valence-corrected chi connectivity index (χ1v) is 8.70. The van der Waals surface area contributed by atoms with Gasteiger partial charge in [0.2, 0.25) is 11.6 Å². The summed E-state index contributed by atoms with van der Waals surface area (Å²) in [5.74, 6) is 0.492. The maximum absolute atomic E-state index is 12.4. The molecule has 3 rings (SSSR count). The molecule has 2 heterocycles. The molecule has 1 saturated heterocycles. The summed E-state index contributed by atoms with van der Waals surface area (Å²) < 4.78 is 0. The molecule has 0 saturated carbocycles. The summed E-state index contributed by atoms with van der Waals surface area (Å²) in [7, 11) is 0. The topological polar surface area (TPSA) is 112 Å². The van der Waals surface area contributed by atoms with Crippen LogP contribution < -0.4 is 10.2 Å². The van der Waals surface area contributed by atoms with Gasteiger partial charge in [-0.3, -0.25) is 14.9 Å². The minimum absolute atomic E-state index is 0.0351. The van der Waals surface area contributed by atoms with E-state index < -0.39 is 4.92 Å². The second-order valence-electron chi connectivity index (χ2n) is 6.37. The molecule has 0 aliphatic carbocycles. The predicted molar refractivity (Wildman–Crippen MR) is 98.8 cm³/mol. The van der Waals surface area contributed by atoms with E-state index in [1.165, 1.54) is 6.07 Å². The number of piperidine rings is 1. The lowest BCUT2D eigenvalue weighted by molar-refractivity contribution is -0.385. The monoisotopic (exact) mass is 365 g/mol. The summed E-state index contributed by atoms with van der Waals surface area (Å²) in [4.78, 5) is 28.7. The van der Waals surface area contributed by atoms with Gasteiger partial charge in [0.15, 0.2) is 0 Å². The number of hydrogen-bond acceptors (Lipinski definition) is 6. The van der Waals surface area contributed by atoms with E-state index in [4.69, 9.17) is 5.26 Å². The highest BCUT2D eigenvalue weighted by Gasteiger charge is 2.26.